The van der Waals surface area contributed by atoms with Crippen molar-refractivity contribution in [2.75, 3.05) is 20.3 Å². The van der Waals surface area contributed by atoms with Gasteiger partial charge in [-0.1, -0.05) is 152 Å². The fraction of sp³-hybridized carbons (Fsp3) is 0.242. The Morgan fingerprint density at radius 2 is 0.782 bits per heavy atom. The van der Waals surface area contributed by atoms with E-state index in [2.05, 4.69) is 0 Å². The smallest absolute Gasteiger partial charge is 0.338 e. The molecule has 10 atom stereocenters. The summed E-state index contributed by atoms with van der Waals surface area (Å²) in [6, 6.07) is 59.7. The zero-order valence-electron chi connectivity index (χ0n) is 42.3. The minimum absolute atomic E-state index is 0.0269. The van der Waals surface area contributed by atoms with Gasteiger partial charge in [0, 0.05) is 7.11 Å². The summed E-state index contributed by atoms with van der Waals surface area (Å²) in [4.78, 5) is 69.8. The second-order valence-electron chi connectivity index (χ2n) is 18.1. The van der Waals surface area contributed by atoms with Gasteiger partial charge in [-0.25, -0.2) is 24.0 Å². The summed E-state index contributed by atoms with van der Waals surface area (Å²) >= 11 is 0. The zero-order chi connectivity index (χ0) is 54.1. The van der Waals surface area contributed by atoms with Gasteiger partial charge in [-0.2, -0.15) is 0 Å². The van der Waals surface area contributed by atoms with Crippen molar-refractivity contribution in [2.24, 2.45) is 0 Å². The highest BCUT2D eigenvalue weighted by molar-refractivity contribution is 5.92. The van der Waals surface area contributed by atoms with Gasteiger partial charge in [0.2, 0.25) is 0 Å². The number of benzene rings is 7. The molecule has 0 amide bonds. The van der Waals surface area contributed by atoms with Gasteiger partial charge in [0.05, 0.1) is 47.6 Å². The number of ether oxygens (including phenoxy) is 11. The van der Waals surface area contributed by atoms with Gasteiger partial charge in [0.1, 0.15) is 31.0 Å². The molecule has 16 heteroatoms. The van der Waals surface area contributed by atoms with E-state index in [0.29, 0.717) is 0 Å². The van der Waals surface area contributed by atoms with Crippen LogP contribution in [0.3, 0.4) is 0 Å². The second kappa shape index (κ2) is 27.1. The molecule has 0 spiro atoms. The molecule has 2 heterocycles. The maximum absolute atomic E-state index is 14.2. The van der Waals surface area contributed by atoms with Crippen molar-refractivity contribution < 1.29 is 76.1 Å². The third-order valence-corrected chi connectivity index (χ3v) is 12.8. The number of carbonyl (C=O) groups is 5. The van der Waals surface area contributed by atoms with Gasteiger partial charge >= 0.3 is 29.8 Å². The first kappa shape index (κ1) is 54.4. The first-order valence-corrected chi connectivity index (χ1v) is 25.2. The number of esters is 5. The normalized spacial score (nSPS) is 22.0. The molecular weight excluding hydrogens is 1000 g/mol. The Labute approximate surface area is 450 Å². The molecule has 7 aromatic carbocycles. The molecule has 2 saturated heterocycles. The molecule has 0 aliphatic carbocycles. The summed E-state index contributed by atoms with van der Waals surface area (Å²) in [5.41, 5.74) is 2.52. The molecule has 0 saturated carbocycles. The van der Waals surface area contributed by atoms with Crippen molar-refractivity contribution in [1.82, 2.24) is 0 Å². The van der Waals surface area contributed by atoms with Crippen LogP contribution >= 0.6 is 0 Å². The molecule has 2 aliphatic rings. The standard InChI is InChI=1S/C62H56O16/c1-68-61-55(77-60(67)47-35-21-8-22-36-47)53(76-59(66)46-33-19-7-20-34-46)51(75-58(65)45-31-17-6-18-32-45)49(74-61)40-72-62-54(70-38-42-25-11-3-12-26-42)52(69-37-41-23-9-2-10-24-41)50(78-62)48(73-57(64)44-29-15-5-16-30-44)39-71-56(63)43-27-13-4-14-28-43/h2-36,48-55,61-62H,37-40H2,1H3/t48-,49-,50+,51-,52+,53+,54-,55+,61+,62+/m1/s1. The Kier molecular flexibility index (Phi) is 18.9. The molecule has 0 unspecified atom stereocenters. The molecule has 0 bridgehead atoms. The van der Waals surface area contributed by atoms with Crippen LogP contribution in [0, 0.1) is 0 Å². The van der Waals surface area contributed by atoms with Crippen LogP contribution in [0.4, 0.5) is 0 Å². The third kappa shape index (κ3) is 14.2. The average molecular weight is 1060 g/mol. The van der Waals surface area contributed by atoms with Crippen LogP contribution in [-0.4, -0.2) is 112 Å². The minimum atomic E-state index is -1.59. The van der Waals surface area contributed by atoms with Gasteiger partial charge in [-0.15, -0.1) is 0 Å². The molecule has 78 heavy (non-hydrogen) atoms. The highest BCUT2D eigenvalue weighted by Crippen LogP contribution is 2.36. The van der Waals surface area contributed by atoms with Crippen LogP contribution in [0.25, 0.3) is 0 Å². The average Bonchev–Trinajstić information content (AvgIpc) is 3.86. The quantitative estimate of drug-likeness (QED) is 0.0462. The fourth-order valence-electron chi connectivity index (χ4n) is 8.86. The Morgan fingerprint density at radius 3 is 1.23 bits per heavy atom. The van der Waals surface area contributed by atoms with Crippen molar-refractivity contribution in [3.05, 3.63) is 251 Å². The lowest BCUT2D eigenvalue weighted by atomic mass is 9.97. The Bertz CT molecular complexity index is 3010. The van der Waals surface area contributed by atoms with Crippen LogP contribution < -0.4 is 0 Å². The number of rotatable bonds is 22. The molecular formula is C62H56O16. The number of hydrogen-bond acceptors (Lipinski definition) is 16. The van der Waals surface area contributed by atoms with Crippen molar-refractivity contribution in [3.63, 3.8) is 0 Å². The van der Waals surface area contributed by atoms with Gasteiger partial charge in [0.25, 0.3) is 0 Å². The summed E-state index contributed by atoms with van der Waals surface area (Å²) in [5.74, 6) is -3.90. The molecule has 0 N–H and O–H groups in total. The molecule has 16 nitrogen and oxygen atoms in total. The lowest BCUT2D eigenvalue weighted by Gasteiger charge is -2.44. The third-order valence-electron chi connectivity index (χ3n) is 12.8. The van der Waals surface area contributed by atoms with Crippen LogP contribution in [0.2, 0.25) is 0 Å². The summed E-state index contributed by atoms with van der Waals surface area (Å²) < 4.78 is 70.1. The lowest BCUT2D eigenvalue weighted by molar-refractivity contribution is -0.303. The van der Waals surface area contributed by atoms with Crippen LogP contribution in [0.1, 0.15) is 62.9 Å². The van der Waals surface area contributed by atoms with Crippen molar-refractivity contribution >= 4 is 29.8 Å². The van der Waals surface area contributed by atoms with Crippen molar-refractivity contribution in [2.45, 2.75) is 74.6 Å². The van der Waals surface area contributed by atoms with Gasteiger partial charge < -0.3 is 52.1 Å². The fourth-order valence-corrected chi connectivity index (χ4v) is 8.86. The molecule has 2 aliphatic heterocycles. The number of carbonyl (C=O) groups excluding carboxylic acids is 5. The molecule has 400 valence electrons. The molecule has 2 fully saturated rings. The predicted molar refractivity (Wildman–Crippen MR) is 280 cm³/mol. The van der Waals surface area contributed by atoms with Gasteiger partial charge in [-0.3, -0.25) is 0 Å². The number of methoxy groups -OCH3 is 1. The van der Waals surface area contributed by atoms with Gasteiger partial charge in [0.15, 0.2) is 37.0 Å². The highest BCUT2D eigenvalue weighted by atomic mass is 16.8. The first-order chi connectivity index (χ1) is 38.2. The summed E-state index contributed by atoms with van der Waals surface area (Å²) in [7, 11) is 1.31. The molecule has 0 aromatic heterocycles. The maximum Gasteiger partial charge on any atom is 0.338 e. The Hall–Kier alpha value is -8.35. The van der Waals surface area contributed by atoms with Gasteiger partial charge in [-0.05, 0) is 71.8 Å². The molecule has 7 aromatic rings. The van der Waals surface area contributed by atoms with E-state index in [1.807, 2.05) is 60.7 Å². The van der Waals surface area contributed by atoms with E-state index in [9.17, 15) is 24.0 Å². The van der Waals surface area contributed by atoms with Crippen LogP contribution in [0.15, 0.2) is 212 Å². The molecule has 0 radical (unpaired) electrons. The topological polar surface area (TPSA) is 187 Å². The Morgan fingerprint density at radius 1 is 0.397 bits per heavy atom. The van der Waals surface area contributed by atoms with E-state index < -0.39 is 104 Å². The number of hydrogen-bond donors (Lipinski definition) is 0. The molecule has 9 rings (SSSR count). The predicted octanol–water partition coefficient (Wildman–Crippen LogP) is 9.03. The second-order valence-corrected chi connectivity index (χ2v) is 18.1. The summed E-state index contributed by atoms with van der Waals surface area (Å²) in [6.07, 6.45) is -13.7. The first-order valence-electron chi connectivity index (χ1n) is 25.2. The summed E-state index contributed by atoms with van der Waals surface area (Å²) in [5, 5.41) is 0. The van der Waals surface area contributed by atoms with E-state index in [1.54, 1.807) is 152 Å². The zero-order valence-corrected chi connectivity index (χ0v) is 42.3. The van der Waals surface area contributed by atoms with Crippen molar-refractivity contribution in [1.29, 1.82) is 0 Å². The van der Waals surface area contributed by atoms with Crippen molar-refractivity contribution in [3.8, 4) is 0 Å². The van der Waals surface area contributed by atoms with E-state index in [-0.39, 0.29) is 41.0 Å². The largest absolute Gasteiger partial charge is 0.458 e. The van der Waals surface area contributed by atoms with E-state index in [0.717, 1.165) is 11.1 Å². The van der Waals surface area contributed by atoms with Crippen LogP contribution in [0.5, 0.6) is 0 Å². The SMILES string of the molecule is CO[C@H]1O[C@H](CO[C@H]2O[C@@H]([C@@H](COC(=O)c3ccccc3)OC(=O)c3ccccc3)[C@H](OCc3ccccc3)[C@H]2OCc2ccccc2)[C@@H](OC(=O)c2ccccc2)[C@H](OC(=O)c2ccccc2)[C@@H]1OC(=O)c1ccccc1. The summed E-state index contributed by atoms with van der Waals surface area (Å²) in [6.45, 7) is -0.921. The van der Waals surface area contributed by atoms with E-state index in [4.69, 9.17) is 52.1 Å². The van der Waals surface area contributed by atoms with E-state index in [1.165, 1.54) is 7.11 Å². The van der Waals surface area contributed by atoms with Crippen LogP contribution in [-0.2, 0) is 65.3 Å². The lowest BCUT2D eigenvalue weighted by Crippen LogP contribution is -2.63. The monoisotopic (exact) mass is 1060 g/mol. The highest BCUT2D eigenvalue weighted by Gasteiger charge is 2.56. The minimum Gasteiger partial charge on any atom is -0.458 e. The maximum atomic E-state index is 14.2. The van der Waals surface area contributed by atoms with E-state index >= 15 is 0 Å². The Balaban J connectivity index is 1.08.